The van der Waals surface area contributed by atoms with Gasteiger partial charge in [-0.05, 0) is 24.0 Å². The van der Waals surface area contributed by atoms with Crippen molar-refractivity contribution in [2.45, 2.75) is 26.3 Å². The van der Waals surface area contributed by atoms with Crippen molar-refractivity contribution in [1.29, 1.82) is 0 Å². The zero-order valence-electron chi connectivity index (χ0n) is 9.68. The van der Waals surface area contributed by atoms with Gasteiger partial charge in [0.25, 0.3) is 5.91 Å². The maximum atomic E-state index is 13.2. The summed E-state index contributed by atoms with van der Waals surface area (Å²) in [6.45, 7) is 4.03. The van der Waals surface area contributed by atoms with Crippen LogP contribution < -0.4 is 11.1 Å². The Morgan fingerprint density at radius 1 is 1.41 bits per heavy atom. The van der Waals surface area contributed by atoms with Gasteiger partial charge in [-0.25, -0.2) is 8.78 Å². The van der Waals surface area contributed by atoms with Gasteiger partial charge in [0.1, 0.15) is 17.3 Å². The molecule has 1 aliphatic rings. The van der Waals surface area contributed by atoms with E-state index in [4.69, 9.17) is 5.73 Å². The van der Waals surface area contributed by atoms with Gasteiger partial charge in [0.15, 0.2) is 0 Å². The predicted molar refractivity (Wildman–Crippen MR) is 60.4 cm³/mol. The van der Waals surface area contributed by atoms with Crippen LogP contribution in [0, 0.1) is 17.0 Å². The van der Waals surface area contributed by atoms with Crippen LogP contribution in [0.1, 0.15) is 30.6 Å². The third-order valence-electron chi connectivity index (χ3n) is 3.16. The highest BCUT2D eigenvalue weighted by molar-refractivity contribution is 5.95. The van der Waals surface area contributed by atoms with E-state index >= 15 is 0 Å². The number of amides is 1. The smallest absolute Gasteiger partial charge is 0.251 e. The molecule has 0 saturated heterocycles. The molecular weight excluding hydrogens is 226 g/mol. The molecule has 0 aliphatic heterocycles. The molecule has 3 N–H and O–H groups in total. The highest BCUT2D eigenvalue weighted by Crippen LogP contribution is 2.44. The van der Waals surface area contributed by atoms with Crippen molar-refractivity contribution in [3.63, 3.8) is 0 Å². The van der Waals surface area contributed by atoms with Crippen molar-refractivity contribution in [1.82, 2.24) is 5.32 Å². The monoisotopic (exact) mass is 240 g/mol. The summed E-state index contributed by atoms with van der Waals surface area (Å²) in [7, 11) is 0. The van der Waals surface area contributed by atoms with E-state index in [-0.39, 0.29) is 17.0 Å². The van der Waals surface area contributed by atoms with Crippen molar-refractivity contribution in [3.8, 4) is 0 Å². The first-order valence-electron chi connectivity index (χ1n) is 5.36. The number of hydrogen-bond acceptors (Lipinski definition) is 2. The van der Waals surface area contributed by atoms with Gasteiger partial charge in [-0.1, -0.05) is 13.8 Å². The first-order valence-corrected chi connectivity index (χ1v) is 5.36. The second-order valence-electron chi connectivity index (χ2n) is 5.07. The molecule has 1 aromatic carbocycles. The van der Waals surface area contributed by atoms with Crippen molar-refractivity contribution < 1.29 is 13.6 Å². The van der Waals surface area contributed by atoms with Gasteiger partial charge in [0.2, 0.25) is 0 Å². The Labute approximate surface area is 98.0 Å². The molecule has 0 spiro atoms. The van der Waals surface area contributed by atoms with Crippen LogP contribution in [0.4, 0.5) is 14.5 Å². The number of anilines is 1. The average Bonchev–Trinajstić information content (AvgIpc) is 2.81. The number of nitrogens with one attached hydrogen (secondary N) is 1. The fraction of sp³-hybridized carbons (Fsp3) is 0.417. The Balaban J connectivity index is 2.15. The Hall–Kier alpha value is -1.65. The highest BCUT2D eigenvalue weighted by atomic mass is 19.1. The van der Waals surface area contributed by atoms with E-state index < -0.39 is 23.2 Å². The van der Waals surface area contributed by atoms with E-state index in [0.29, 0.717) is 0 Å². The van der Waals surface area contributed by atoms with Crippen LogP contribution in [0.3, 0.4) is 0 Å². The van der Waals surface area contributed by atoms with E-state index in [0.717, 1.165) is 18.6 Å². The minimum atomic E-state index is -0.912. The van der Waals surface area contributed by atoms with E-state index in [1.165, 1.54) is 0 Å². The topological polar surface area (TPSA) is 55.1 Å². The molecule has 1 aromatic rings. The maximum Gasteiger partial charge on any atom is 0.251 e. The summed E-state index contributed by atoms with van der Waals surface area (Å²) in [5, 5.41) is 2.72. The van der Waals surface area contributed by atoms with E-state index in [1.807, 2.05) is 13.8 Å². The second kappa shape index (κ2) is 3.68. The number of hydrogen-bond donors (Lipinski definition) is 2. The molecule has 5 heteroatoms. The predicted octanol–water partition coefficient (Wildman–Crippen LogP) is 2.08. The first kappa shape index (κ1) is 11.8. The normalized spacial score (nSPS) is 21.1. The Bertz CT molecular complexity index is 462. The van der Waals surface area contributed by atoms with E-state index in [9.17, 15) is 13.6 Å². The lowest BCUT2D eigenvalue weighted by molar-refractivity contribution is 0.0945. The molecule has 0 radical (unpaired) electrons. The number of benzene rings is 1. The summed E-state index contributed by atoms with van der Waals surface area (Å²) in [4.78, 5) is 11.7. The highest BCUT2D eigenvalue weighted by Gasteiger charge is 2.46. The number of halogens is 2. The molecule has 1 aliphatic carbocycles. The number of nitrogen functional groups attached to an aromatic ring is 1. The lowest BCUT2D eigenvalue weighted by Gasteiger charge is -2.08. The fourth-order valence-corrected chi connectivity index (χ4v) is 1.67. The third kappa shape index (κ3) is 2.23. The third-order valence-corrected chi connectivity index (χ3v) is 3.16. The molecule has 1 atom stereocenters. The maximum absolute atomic E-state index is 13.2. The van der Waals surface area contributed by atoms with Crippen LogP contribution in [-0.4, -0.2) is 11.9 Å². The lowest BCUT2D eigenvalue weighted by Crippen LogP contribution is -2.28. The van der Waals surface area contributed by atoms with Gasteiger partial charge in [-0.2, -0.15) is 0 Å². The Morgan fingerprint density at radius 3 is 2.29 bits per heavy atom. The second-order valence-corrected chi connectivity index (χ2v) is 5.07. The van der Waals surface area contributed by atoms with Gasteiger partial charge in [0.05, 0.1) is 0 Å². The molecule has 0 bridgehead atoms. The fourth-order valence-electron chi connectivity index (χ4n) is 1.67. The summed E-state index contributed by atoms with van der Waals surface area (Å²) >= 11 is 0. The van der Waals surface area contributed by atoms with Crippen molar-refractivity contribution in [2.75, 3.05) is 5.73 Å². The summed E-state index contributed by atoms with van der Waals surface area (Å²) in [5.74, 6) is -2.30. The van der Waals surface area contributed by atoms with E-state index in [1.54, 1.807) is 0 Å². The molecule has 92 valence electrons. The van der Waals surface area contributed by atoms with Crippen molar-refractivity contribution in [2.24, 2.45) is 5.41 Å². The molecular formula is C12H14F2N2O. The molecule has 17 heavy (non-hydrogen) atoms. The average molecular weight is 240 g/mol. The largest absolute Gasteiger partial charge is 0.394 e. The standard InChI is InChI=1S/C12H14F2N2O/c1-12(2)5-9(12)16-11(17)6-3-7(13)10(15)8(14)4-6/h3-4,9H,5,15H2,1-2H3,(H,16,17). The lowest BCUT2D eigenvalue weighted by atomic mass is 10.1. The molecule has 3 nitrogen and oxygen atoms in total. The van der Waals surface area contributed by atoms with Crippen LogP contribution in [0.5, 0.6) is 0 Å². The van der Waals surface area contributed by atoms with Crippen LogP contribution >= 0.6 is 0 Å². The van der Waals surface area contributed by atoms with Crippen LogP contribution in [0.15, 0.2) is 12.1 Å². The Kier molecular flexibility index (Phi) is 2.56. The summed E-state index contributed by atoms with van der Waals surface area (Å²) < 4.78 is 26.3. The van der Waals surface area contributed by atoms with Crippen LogP contribution in [0.2, 0.25) is 0 Å². The quantitative estimate of drug-likeness (QED) is 0.777. The number of carbonyl (C=O) groups is 1. The minimum Gasteiger partial charge on any atom is -0.394 e. The van der Waals surface area contributed by atoms with Gasteiger partial charge >= 0.3 is 0 Å². The van der Waals surface area contributed by atoms with Gasteiger partial charge in [-0.15, -0.1) is 0 Å². The Morgan fingerprint density at radius 2 is 1.88 bits per heavy atom. The summed E-state index contributed by atoms with van der Waals surface area (Å²) in [6, 6.07) is 1.96. The number of carbonyl (C=O) groups excluding carboxylic acids is 1. The van der Waals surface area contributed by atoms with Gasteiger partial charge in [0, 0.05) is 11.6 Å². The minimum absolute atomic E-state index is 0.0445. The zero-order chi connectivity index (χ0) is 12.8. The van der Waals surface area contributed by atoms with Gasteiger partial charge < -0.3 is 11.1 Å². The first-order chi connectivity index (χ1) is 7.81. The summed E-state index contributed by atoms with van der Waals surface area (Å²) in [5.41, 5.74) is 4.59. The molecule has 2 rings (SSSR count). The summed E-state index contributed by atoms with van der Waals surface area (Å²) in [6.07, 6.45) is 0.874. The SMILES string of the molecule is CC1(C)CC1NC(=O)c1cc(F)c(N)c(F)c1. The molecule has 1 fully saturated rings. The molecule has 1 amide bonds. The molecule has 0 aromatic heterocycles. The molecule has 0 heterocycles. The van der Waals surface area contributed by atoms with E-state index in [2.05, 4.69) is 5.32 Å². The number of nitrogens with two attached hydrogens (primary N) is 1. The van der Waals surface area contributed by atoms with Crippen molar-refractivity contribution >= 4 is 11.6 Å². The van der Waals surface area contributed by atoms with Crippen LogP contribution in [0.25, 0.3) is 0 Å². The molecule has 1 saturated carbocycles. The zero-order valence-corrected chi connectivity index (χ0v) is 9.68. The van der Waals surface area contributed by atoms with Gasteiger partial charge in [-0.3, -0.25) is 4.79 Å². The number of rotatable bonds is 2. The molecule has 1 unspecified atom stereocenters. The van der Waals surface area contributed by atoms with Crippen LogP contribution in [-0.2, 0) is 0 Å². The van der Waals surface area contributed by atoms with Crippen molar-refractivity contribution in [3.05, 3.63) is 29.3 Å².